The number of hydrogen-bond donors (Lipinski definition) is 5. The number of esters is 2. The van der Waals surface area contributed by atoms with Crippen LogP contribution in [0, 0.1) is 11.8 Å². The summed E-state index contributed by atoms with van der Waals surface area (Å²) < 4.78 is 32.7. The summed E-state index contributed by atoms with van der Waals surface area (Å²) in [6, 6.07) is -1.56. The first-order chi connectivity index (χ1) is 28.3. The number of unbranched alkanes of at least 4 members (excludes halogenated alkanes) is 16. The molecule has 7 atom stereocenters. The molecule has 1 saturated carbocycles. The smallest absolute Gasteiger partial charge is 0.472 e. The second kappa shape index (κ2) is 34.2. The summed E-state index contributed by atoms with van der Waals surface area (Å²) in [5.74, 6) is -3.21. The van der Waals surface area contributed by atoms with Crippen LogP contribution >= 0.6 is 7.82 Å². The van der Waals surface area contributed by atoms with Crippen LogP contribution in [0.15, 0.2) is 24.3 Å². The van der Waals surface area contributed by atoms with Gasteiger partial charge in [-0.05, 0) is 57.3 Å². The Morgan fingerprint density at radius 3 is 1.95 bits per heavy atom. The molecular weight excluding hydrogens is 781 g/mol. The molecule has 0 amide bonds. The van der Waals surface area contributed by atoms with Crippen molar-refractivity contribution in [3.8, 4) is 0 Å². The highest BCUT2D eigenvalue weighted by Gasteiger charge is 2.39. The summed E-state index contributed by atoms with van der Waals surface area (Å²) in [6.07, 6.45) is 27.2. The Labute approximate surface area is 353 Å². The second-order valence-electron chi connectivity index (χ2n) is 16.0. The number of allylic oxidation sites excluding steroid dienone is 3. The first-order valence-electron chi connectivity index (χ1n) is 22.5. The highest BCUT2D eigenvalue weighted by Crippen LogP contribution is 2.43. The van der Waals surface area contributed by atoms with Gasteiger partial charge in [0.1, 0.15) is 18.4 Å². The number of nitrogens with two attached hydrogens (primary N) is 1. The van der Waals surface area contributed by atoms with Gasteiger partial charge in [0, 0.05) is 25.2 Å². The molecule has 0 radical (unpaired) electrons. The van der Waals surface area contributed by atoms with Crippen LogP contribution in [0.25, 0.3) is 0 Å². The highest BCUT2D eigenvalue weighted by molar-refractivity contribution is 7.47. The van der Waals surface area contributed by atoms with Crippen LogP contribution in [0.3, 0.4) is 0 Å². The van der Waals surface area contributed by atoms with Crippen molar-refractivity contribution in [3.05, 3.63) is 24.3 Å². The van der Waals surface area contributed by atoms with Gasteiger partial charge in [0.25, 0.3) is 0 Å². The Bertz CT molecular complexity index is 1260. The van der Waals surface area contributed by atoms with Crippen molar-refractivity contribution in [2.24, 2.45) is 17.6 Å². The topological polar surface area (TPSA) is 229 Å². The van der Waals surface area contributed by atoms with Crippen LogP contribution in [0.5, 0.6) is 0 Å². The monoisotopic (exact) mass is 860 g/mol. The molecular formula is C44H78NO13P. The number of carboxylic acid groups (broad SMARTS) is 1. The molecule has 59 heavy (non-hydrogen) atoms. The Morgan fingerprint density at radius 2 is 1.32 bits per heavy atom. The van der Waals surface area contributed by atoms with E-state index in [0.717, 1.165) is 70.6 Å². The molecule has 0 saturated heterocycles. The van der Waals surface area contributed by atoms with Crippen molar-refractivity contribution in [2.45, 2.75) is 199 Å². The number of carbonyl (C=O) groups is 4. The summed E-state index contributed by atoms with van der Waals surface area (Å²) in [7, 11) is -4.78. The van der Waals surface area contributed by atoms with E-state index in [4.69, 9.17) is 24.8 Å². The SMILES string of the molecule is CCCCCCCC/C=C\CCCCCCCC(=O)O[C@H](COC(=O)CCCCCC[C@H]1[C@@H](O)CC(=O)[C@@H]1/C=C/[C@@H](O)CCCCC)COP(=O)(O)OC[C@H](N)C(=O)O. The minimum atomic E-state index is -4.78. The van der Waals surface area contributed by atoms with E-state index in [1.54, 1.807) is 12.2 Å². The number of rotatable bonds is 38. The quantitative estimate of drug-likeness (QED) is 0.0170. The molecule has 1 unspecified atom stereocenters. The van der Waals surface area contributed by atoms with Crippen LogP contribution < -0.4 is 5.73 Å². The van der Waals surface area contributed by atoms with E-state index in [-0.39, 0.29) is 31.0 Å². The third-order valence-electron chi connectivity index (χ3n) is 10.6. The van der Waals surface area contributed by atoms with Crippen molar-refractivity contribution in [2.75, 3.05) is 19.8 Å². The number of phosphoric ester groups is 1. The zero-order valence-electron chi connectivity index (χ0n) is 36.1. The molecule has 6 N–H and O–H groups in total. The number of ether oxygens (including phenoxy) is 2. The van der Waals surface area contributed by atoms with Crippen LogP contribution in [-0.2, 0) is 42.3 Å². The maximum atomic E-state index is 12.7. The van der Waals surface area contributed by atoms with Gasteiger partial charge in [-0.3, -0.25) is 28.2 Å². The van der Waals surface area contributed by atoms with Crippen molar-refractivity contribution >= 4 is 31.5 Å². The molecule has 0 bridgehead atoms. The van der Waals surface area contributed by atoms with Crippen molar-refractivity contribution < 1.29 is 62.5 Å². The lowest BCUT2D eigenvalue weighted by Crippen LogP contribution is -2.34. The van der Waals surface area contributed by atoms with Gasteiger partial charge in [0.05, 0.1) is 25.4 Å². The van der Waals surface area contributed by atoms with Gasteiger partial charge in [-0.2, -0.15) is 0 Å². The van der Waals surface area contributed by atoms with E-state index >= 15 is 0 Å². The normalized spacial score (nSPS) is 19.6. The van der Waals surface area contributed by atoms with Gasteiger partial charge in [-0.1, -0.05) is 128 Å². The number of aliphatic carboxylic acids is 1. The molecule has 0 aliphatic heterocycles. The molecule has 0 aromatic heterocycles. The second-order valence-corrected chi connectivity index (χ2v) is 17.4. The molecule has 0 spiro atoms. The van der Waals surface area contributed by atoms with E-state index in [1.165, 1.54) is 38.5 Å². The van der Waals surface area contributed by atoms with Crippen LogP contribution in [0.1, 0.15) is 174 Å². The van der Waals surface area contributed by atoms with Crippen molar-refractivity contribution in [1.29, 1.82) is 0 Å². The zero-order valence-corrected chi connectivity index (χ0v) is 37.0. The van der Waals surface area contributed by atoms with Crippen LogP contribution in [0.4, 0.5) is 0 Å². The lowest BCUT2D eigenvalue weighted by atomic mass is 9.88. The van der Waals surface area contributed by atoms with E-state index in [1.807, 2.05) is 0 Å². The minimum absolute atomic E-state index is 0.0172. The van der Waals surface area contributed by atoms with E-state index < -0.39 is 75.8 Å². The Hall–Kier alpha value is -2.45. The number of carbonyl (C=O) groups excluding carboxylic acids is 3. The predicted octanol–water partition coefficient (Wildman–Crippen LogP) is 8.43. The summed E-state index contributed by atoms with van der Waals surface area (Å²) in [4.78, 5) is 58.7. The summed E-state index contributed by atoms with van der Waals surface area (Å²) in [5.41, 5.74) is 5.33. The summed E-state index contributed by atoms with van der Waals surface area (Å²) >= 11 is 0. The highest BCUT2D eigenvalue weighted by atomic mass is 31.2. The maximum absolute atomic E-state index is 12.7. The van der Waals surface area contributed by atoms with Gasteiger partial charge in [-0.25, -0.2) is 4.57 Å². The fourth-order valence-corrected chi connectivity index (χ4v) is 7.74. The molecule has 1 aliphatic rings. The fourth-order valence-electron chi connectivity index (χ4n) is 6.96. The lowest BCUT2D eigenvalue weighted by molar-refractivity contribution is -0.161. The number of phosphoric acid groups is 1. The van der Waals surface area contributed by atoms with Crippen LogP contribution in [0.2, 0.25) is 0 Å². The van der Waals surface area contributed by atoms with Gasteiger partial charge in [0.15, 0.2) is 6.10 Å². The average Bonchev–Trinajstić information content (AvgIpc) is 3.47. The average molecular weight is 860 g/mol. The van der Waals surface area contributed by atoms with Gasteiger partial charge >= 0.3 is 25.7 Å². The van der Waals surface area contributed by atoms with Gasteiger partial charge in [0.2, 0.25) is 0 Å². The Kier molecular flexibility index (Phi) is 31.6. The van der Waals surface area contributed by atoms with E-state index in [9.17, 15) is 38.8 Å². The standard InChI is InChI=1S/C44H78NO13P/c1-3-5-7-8-9-10-11-12-13-14-15-16-17-18-24-28-43(50)58-36(33-56-59(53,54)57-34-39(45)44(51)52)32-55-42(49)27-23-20-19-22-26-37-38(41(48)31-40(37)47)30-29-35(46)25-21-6-4-2/h12-13,29-30,35-40,46-47H,3-11,14-28,31-34,45H2,1-2H3,(H,51,52)(H,53,54)/b13-12-,30-29+/t35-,36+,37+,38+,39-,40-/m0/s1. The molecule has 15 heteroatoms. The first kappa shape index (κ1) is 54.6. The maximum Gasteiger partial charge on any atom is 0.472 e. The largest absolute Gasteiger partial charge is 0.480 e. The Morgan fingerprint density at radius 1 is 0.780 bits per heavy atom. The Balaban J connectivity index is 2.47. The lowest BCUT2D eigenvalue weighted by Gasteiger charge is -2.20. The first-order valence-corrected chi connectivity index (χ1v) is 24.0. The minimum Gasteiger partial charge on any atom is -0.480 e. The predicted molar refractivity (Wildman–Crippen MR) is 227 cm³/mol. The van der Waals surface area contributed by atoms with Crippen molar-refractivity contribution in [3.63, 3.8) is 0 Å². The molecule has 1 aliphatic carbocycles. The molecule has 14 nitrogen and oxygen atoms in total. The number of carboxylic acids is 1. The number of ketones is 1. The molecule has 0 heterocycles. The van der Waals surface area contributed by atoms with Crippen LogP contribution in [-0.4, -0.2) is 88.1 Å². The summed E-state index contributed by atoms with van der Waals surface area (Å²) in [5, 5.41) is 29.6. The number of hydrogen-bond acceptors (Lipinski definition) is 12. The number of aliphatic hydroxyl groups excluding tert-OH is 2. The third-order valence-corrected chi connectivity index (χ3v) is 11.5. The van der Waals surface area contributed by atoms with Gasteiger partial charge < -0.3 is 35.4 Å². The third kappa shape index (κ3) is 28.7. The van der Waals surface area contributed by atoms with Crippen molar-refractivity contribution in [1.82, 2.24) is 0 Å². The number of aliphatic hydroxyl groups is 2. The molecule has 1 rings (SSSR count). The van der Waals surface area contributed by atoms with Gasteiger partial charge in [-0.15, -0.1) is 0 Å². The van der Waals surface area contributed by atoms with E-state index in [2.05, 4.69) is 30.5 Å². The molecule has 342 valence electrons. The zero-order chi connectivity index (χ0) is 43.7. The molecule has 0 aromatic rings. The summed E-state index contributed by atoms with van der Waals surface area (Å²) in [6.45, 7) is 2.45. The van der Waals surface area contributed by atoms with E-state index in [0.29, 0.717) is 32.1 Å². The fraction of sp³-hybridized carbons (Fsp3) is 0.818. The molecule has 1 fully saturated rings. The number of Topliss-reactive ketones (excluding diaryl/α,β-unsaturated/α-hetero) is 1. The molecule has 0 aromatic carbocycles.